The first kappa shape index (κ1) is 14.0. The Hall–Kier alpha value is -1.93. The van der Waals surface area contributed by atoms with Crippen LogP contribution in [0.1, 0.15) is 0 Å². The zero-order valence-corrected chi connectivity index (χ0v) is 11.0. The number of aliphatic hydroxyl groups excluding tert-OH is 3. The van der Waals surface area contributed by atoms with E-state index in [1.807, 2.05) is 0 Å². The molecule has 4 N–H and O–H groups in total. The Labute approximate surface area is 119 Å². The van der Waals surface area contributed by atoms with Gasteiger partial charge in [0, 0.05) is 5.39 Å². The fourth-order valence-electron chi connectivity index (χ4n) is 2.25. The molecular formula is C14H15NO6. The Balaban J connectivity index is 1.88. The maximum Gasteiger partial charge on any atom is 0.359 e. The number of fused-ring (bicyclic) bond motifs is 1. The first-order valence-corrected chi connectivity index (χ1v) is 6.51. The lowest BCUT2D eigenvalue weighted by molar-refractivity contribution is -0.178. The molecule has 2 heterocycles. The molecule has 1 aliphatic heterocycles. The van der Waals surface area contributed by atoms with E-state index in [9.17, 15) is 20.1 Å². The second kappa shape index (κ2) is 5.45. The molecule has 1 saturated heterocycles. The SMILES string of the molecule is O=c1oc2ccccc2cc1N[C@@H]1OC[C@H](O)[C@H](O)[C@H]1O. The van der Waals surface area contributed by atoms with E-state index in [-0.39, 0.29) is 12.3 Å². The van der Waals surface area contributed by atoms with Gasteiger partial charge in [0.15, 0.2) is 6.23 Å². The molecular weight excluding hydrogens is 278 g/mol. The van der Waals surface area contributed by atoms with Gasteiger partial charge in [-0.1, -0.05) is 18.2 Å². The second-order valence-corrected chi connectivity index (χ2v) is 4.93. The zero-order valence-electron chi connectivity index (χ0n) is 11.0. The number of hydrogen-bond acceptors (Lipinski definition) is 7. The van der Waals surface area contributed by atoms with Gasteiger partial charge in [-0.25, -0.2) is 4.79 Å². The minimum absolute atomic E-state index is 0.112. The van der Waals surface area contributed by atoms with Crippen LogP contribution in [-0.4, -0.2) is 46.5 Å². The molecule has 7 heteroatoms. The second-order valence-electron chi connectivity index (χ2n) is 4.93. The summed E-state index contributed by atoms with van der Waals surface area (Å²) in [5, 5.41) is 32.2. The Morgan fingerprint density at radius 2 is 1.90 bits per heavy atom. The monoisotopic (exact) mass is 293 g/mol. The summed E-state index contributed by atoms with van der Waals surface area (Å²) in [6.45, 7) is -0.144. The van der Waals surface area contributed by atoms with Crippen molar-refractivity contribution < 1.29 is 24.5 Å². The molecule has 4 atom stereocenters. The van der Waals surface area contributed by atoms with Gasteiger partial charge in [-0.05, 0) is 12.1 Å². The third-order valence-corrected chi connectivity index (χ3v) is 3.44. The van der Waals surface area contributed by atoms with Crippen molar-refractivity contribution in [2.24, 2.45) is 0 Å². The van der Waals surface area contributed by atoms with E-state index in [1.165, 1.54) is 0 Å². The fourth-order valence-corrected chi connectivity index (χ4v) is 2.25. The molecule has 0 aliphatic carbocycles. The van der Waals surface area contributed by atoms with E-state index in [1.54, 1.807) is 30.3 Å². The van der Waals surface area contributed by atoms with Crippen molar-refractivity contribution >= 4 is 16.7 Å². The zero-order chi connectivity index (χ0) is 15.0. The van der Waals surface area contributed by atoms with Crippen molar-refractivity contribution in [2.45, 2.75) is 24.5 Å². The first-order chi connectivity index (χ1) is 10.1. The van der Waals surface area contributed by atoms with Gasteiger partial charge in [0.1, 0.15) is 29.6 Å². The van der Waals surface area contributed by atoms with Crippen LogP contribution in [0.3, 0.4) is 0 Å². The largest absolute Gasteiger partial charge is 0.421 e. The fraction of sp³-hybridized carbons (Fsp3) is 0.357. The highest BCUT2D eigenvalue weighted by Gasteiger charge is 2.37. The standard InChI is InChI=1S/C14H15NO6/c16-9-6-20-13(12(18)11(9)17)15-8-5-7-3-1-2-4-10(7)21-14(8)19/h1-5,9,11-13,15-18H,6H2/t9-,11-,12+,13+/m0/s1. The molecule has 0 amide bonds. The molecule has 1 aromatic carbocycles. The summed E-state index contributed by atoms with van der Waals surface area (Å²) in [6, 6.07) is 8.59. The summed E-state index contributed by atoms with van der Waals surface area (Å²) in [6.07, 6.45) is -4.87. The summed E-state index contributed by atoms with van der Waals surface area (Å²) in [7, 11) is 0. The summed E-state index contributed by atoms with van der Waals surface area (Å²) >= 11 is 0. The van der Waals surface area contributed by atoms with Crippen molar-refractivity contribution in [1.82, 2.24) is 0 Å². The minimum atomic E-state index is -1.36. The lowest BCUT2D eigenvalue weighted by Gasteiger charge is -2.35. The highest BCUT2D eigenvalue weighted by Crippen LogP contribution is 2.19. The van der Waals surface area contributed by atoms with E-state index in [0.717, 1.165) is 0 Å². The van der Waals surface area contributed by atoms with Gasteiger partial charge in [-0.3, -0.25) is 0 Å². The van der Waals surface area contributed by atoms with Crippen LogP contribution < -0.4 is 10.9 Å². The summed E-state index contributed by atoms with van der Waals surface area (Å²) in [5.41, 5.74) is -0.0416. The summed E-state index contributed by atoms with van der Waals surface area (Å²) in [5.74, 6) is 0. The molecule has 3 rings (SSSR count). The Bertz CT molecular complexity index is 699. The number of nitrogens with one attached hydrogen (secondary N) is 1. The normalized spacial score (nSPS) is 29.5. The van der Waals surface area contributed by atoms with Gasteiger partial charge < -0.3 is 29.8 Å². The number of anilines is 1. The Morgan fingerprint density at radius 1 is 1.14 bits per heavy atom. The number of benzene rings is 1. The van der Waals surface area contributed by atoms with Crippen molar-refractivity contribution in [3.05, 3.63) is 40.8 Å². The predicted octanol–water partition coefficient (Wildman–Crippen LogP) is -0.356. The smallest absolute Gasteiger partial charge is 0.359 e. The van der Waals surface area contributed by atoms with E-state index >= 15 is 0 Å². The number of ether oxygens (including phenoxy) is 1. The van der Waals surface area contributed by atoms with Crippen LogP contribution in [0.15, 0.2) is 39.5 Å². The molecule has 0 spiro atoms. The topological polar surface area (TPSA) is 112 Å². The van der Waals surface area contributed by atoms with E-state index < -0.39 is 30.2 Å². The molecule has 0 bridgehead atoms. The Morgan fingerprint density at radius 3 is 2.71 bits per heavy atom. The van der Waals surface area contributed by atoms with Crippen molar-refractivity contribution in [3.8, 4) is 0 Å². The van der Waals surface area contributed by atoms with Crippen LogP contribution in [0, 0.1) is 0 Å². The number of aliphatic hydroxyl groups is 3. The lowest BCUT2D eigenvalue weighted by Crippen LogP contribution is -2.55. The van der Waals surface area contributed by atoms with Gasteiger partial charge in [-0.2, -0.15) is 0 Å². The van der Waals surface area contributed by atoms with Crippen LogP contribution in [0.2, 0.25) is 0 Å². The molecule has 112 valence electrons. The van der Waals surface area contributed by atoms with Crippen LogP contribution in [-0.2, 0) is 4.74 Å². The van der Waals surface area contributed by atoms with E-state index in [4.69, 9.17) is 9.15 Å². The molecule has 0 radical (unpaired) electrons. The molecule has 2 aromatic rings. The Kier molecular flexibility index (Phi) is 3.64. The van der Waals surface area contributed by atoms with Crippen LogP contribution >= 0.6 is 0 Å². The van der Waals surface area contributed by atoms with Gasteiger partial charge in [0.05, 0.1) is 6.61 Å². The van der Waals surface area contributed by atoms with Gasteiger partial charge >= 0.3 is 5.63 Å². The van der Waals surface area contributed by atoms with E-state index in [2.05, 4.69) is 5.32 Å². The first-order valence-electron chi connectivity index (χ1n) is 6.51. The molecule has 1 aromatic heterocycles. The molecule has 0 saturated carbocycles. The van der Waals surface area contributed by atoms with Gasteiger partial charge in [-0.15, -0.1) is 0 Å². The van der Waals surface area contributed by atoms with E-state index in [0.29, 0.717) is 11.0 Å². The summed E-state index contributed by atoms with van der Waals surface area (Å²) < 4.78 is 10.3. The average molecular weight is 293 g/mol. The molecule has 0 unspecified atom stereocenters. The molecule has 7 nitrogen and oxygen atoms in total. The third kappa shape index (κ3) is 2.64. The minimum Gasteiger partial charge on any atom is -0.421 e. The van der Waals surface area contributed by atoms with Crippen molar-refractivity contribution in [1.29, 1.82) is 0 Å². The van der Waals surface area contributed by atoms with Crippen LogP contribution in [0.5, 0.6) is 0 Å². The lowest BCUT2D eigenvalue weighted by atomic mass is 10.0. The van der Waals surface area contributed by atoms with Gasteiger partial charge in [0.25, 0.3) is 0 Å². The van der Waals surface area contributed by atoms with Gasteiger partial charge in [0.2, 0.25) is 0 Å². The summed E-state index contributed by atoms with van der Waals surface area (Å²) in [4.78, 5) is 11.9. The number of rotatable bonds is 2. The maximum absolute atomic E-state index is 11.9. The highest BCUT2D eigenvalue weighted by atomic mass is 16.5. The number of para-hydroxylation sites is 1. The van der Waals surface area contributed by atoms with Crippen molar-refractivity contribution in [2.75, 3.05) is 11.9 Å². The highest BCUT2D eigenvalue weighted by molar-refractivity contribution is 5.79. The predicted molar refractivity (Wildman–Crippen MR) is 73.9 cm³/mol. The van der Waals surface area contributed by atoms with Crippen LogP contribution in [0.25, 0.3) is 11.0 Å². The molecule has 1 aliphatic rings. The third-order valence-electron chi connectivity index (χ3n) is 3.44. The molecule has 1 fully saturated rings. The van der Waals surface area contributed by atoms with Crippen LogP contribution in [0.4, 0.5) is 5.69 Å². The quantitative estimate of drug-likeness (QED) is 0.560. The van der Waals surface area contributed by atoms with Crippen molar-refractivity contribution in [3.63, 3.8) is 0 Å². The number of hydrogen-bond donors (Lipinski definition) is 4. The average Bonchev–Trinajstić information content (AvgIpc) is 2.48. The maximum atomic E-state index is 11.9. The molecule has 21 heavy (non-hydrogen) atoms.